The van der Waals surface area contributed by atoms with Gasteiger partial charge in [0.1, 0.15) is 5.82 Å². The Morgan fingerprint density at radius 1 is 1.38 bits per heavy atom. The van der Waals surface area contributed by atoms with E-state index in [-0.39, 0.29) is 40.2 Å². The Morgan fingerprint density at radius 2 is 2.09 bits per heavy atom. The minimum absolute atomic E-state index is 0.00889. The lowest BCUT2D eigenvalue weighted by atomic mass is 9.81. The maximum absolute atomic E-state index is 13.0. The molecule has 3 N–H and O–H groups in total. The van der Waals surface area contributed by atoms with Crippen LogP contribution in [0, 0.1) is 11.3 Å². The van der Waals surface area contributed by atoms with Crippen molar-refractivity contribution in [2.24, 2.45) is 5.73 Å². The molecule has 1 atom stereocenters. The minimum Gasteiger partial charge on any atom is -0.463 e. The van der Waals surface area contributed by atoms with Crippen LogP contribution in [0.2, 0.25) is 10.0 Å². The SMILES string of the molecule is CCOC(=O)C1=C(C)N(c2nonc2NC(C)=O)C(N)=C(C#N)[C@H]1c1ccc(Cl)cc1Cl. The topological polar surface area (TPSA) is 147 Å². The maximum atomic E-state index is 13.0. The summed E-state index contributed by atoms with van der Waals surface area (Å²) in [6.07, 6.45) is 0. The first kappa shape index (κ1) is 23.1. The van der Waals surface area contributed by atoms with Gasteiger partial charge in [0.25, 0.3) is 0 Å². The third-order valence-electron chi connectivity index (χ3n) is 4.69. The van der Waals surface area contributed by atoms with Gasteiger partial charge in [0, 0.05) is 22.7 Å². The number of benzene rings is 1. The van der Waals surface area contributed by atoms with E-state index < -0.39 is 17.8 Å². The number of carbonyl (C=O) groups is 2. The molecule has 1 amide bonds. The van der Waals surface area contributed by atoms with Gasteiger partial charge < -0.3 is 15.8 Å². The van der Waals surface area contributed by atoms with Gasteiger partial charge in [-0.25, -0.2) is 9.42 Å². The van der Waals surface area contributed by atoms with Gasteiger partial charge in [-0.05, 0) is 41.9 Å². The fourth-order valence-electron chi connectivity index (χ4n) is 3.41. The normalized spacial score (nSPS) is 16.1. The summed E-state index contributed by atoms with van der Waals surface area (Å²) in [5, 5.41) is 20.6. The number of anilines is 2. The van der Waals surface area contributed by atoms with Crippen LogP contribution in [0.3, 0.4) is 0 Å². The van der Waals surface area contributed by atoms with Crippen molar-refractivity contribution < 1.29 is 19.0 Å². The van der Waals surface area contributed by atoms with Gasteiger partial charge in [-0.2, -0.15) is 5.26 Å². The first-order valence-corrected chi connectivity index (χ1v) is 10.1. The lowest BCUT2D eigenvalue weighted by Gasteiger charge is -2.34. The summed E-state index contributed by atoms with van der Waals surface area (Å²) in [7, 11) is 0. The van der Waals surface area contributed by atoms with Crippen molar-refractivity contribution in [3.8, 4) is 6.07 Å². The predicted octanol–water partition coefficient (Wildman–Crippen LogP) is 3.47. The van der Waals surface area contributed by atoms with E-state index in [9.17, 15) is 14.9 Å². The van der Waals surface area contributed by atoms with Gasteiger partial charge in [0.2, 0.25) is 17.5 Å². The van der Waals surface area contributed by atoms with Crippen molar-refractivity contribution in [1.29, 1.82) is 5.26 Å². The van der Waals surface area contributed by atoms with Gasteiger partial charge >= 0.3 is 5.97 Å². The summed E-state index contributed by atoms with van der Waals surface area (Å²) in [5.41, 5.74) is 7.22. The second-order valence-corrected chi connectivity index (χ2v) is 7.53. The maximum Gasteiger partial charge on any atom is 0.336 e. The van der Waals surface area contributed by atoms with Crippen LogP contribution in [0.4, 0.5) is 11.6 Å². The highest BCUT2D eigenvalue weighted by Crippen LogP contribution is 2.45. The molecule has 3 rings (SSSR count). The van der Waals surface area contributed by atoms with E-state index >= 15 is 0 Å². The lowest BCUT2D eigenvalue weighted by Crippen LogP contribution is -2.37. The molecule has 12 heteroatoms. The number of nitrogens with two attached hydrogens (primary N) is 1. The van der Waals surface area contributed by atoms with Crippen molar-refractivity contribution in [2.75, 3.05) is 16.8 Å². The van der Waals surface area contributed by atoms with Crippen LogP contribution in [-0.2, 0) is 14.3 Å². The smallest absolute Gasteiger partial charge is 0.336 e. The second-order valence-electron chi connectivity index (χ2n) is 6.68. The number of amides is 1. The molecule has 32 heavy (non-hydrogen) atoms. The van der Waals surface area contributed by atoms with E-state index in [1.807, 2.05) is 0 Å². The Morgan fingerprint density at radius 3 is 2.69 bits per heavy atom. The molecule has 0 saturated heterocycles. The number of nitriles is 1. The van der Waals surface area contributed by atoms with Crippen molar-refractivity contribution in [3.05, 3.63) is 56.5 Å². The van der Waals surface area contributed by atoms with Gasteiger partial charge in [-0.1, -0.05) is 29.3 Å². The molecule has 1 aromatic heterocycles. The summed E-state index contributed by atoms with van der Waals surface area (Å²) >= 11 is 12.4. The molecule has 1 aliphatic heterocycles. The van der Waals surface area contributed by atoms with Crippen molar-refractivity contribution in [3.63, 3.8) is 0 Å². The average Bonchev–Trinajstić information content (AvgIpc) is 3.15. The van der Waals surface area contributed by atoms with E-state index in [0.717, 1.165) is 0 Å². The zero-order valence-electron chi connectivity index (χ0n) is 17.3. The van der Waals surface area contributed by atoms with Crippen LogP contribution in [-0.4, -0.2) is 28.8 Å². The fourth-order valence-corrected chi connectivity index (χ4v) is 3.93. The van der Waals surface area contributed by atoms with E-state index in [4.69, 9.17) is 38.3 Å². The molecule has 2 heterocycles. The van der Waals surface area contributed by atoms with Crippen molar-refractivity contribution in [2.45, 2.75) is 26.7 Å². The number of hydrogen-bond acceptors (Lipinski definition) is 9. The van der Waals surface area contributed by atoms with E-state index in [2.05, 4.69) is 21.7 Å². The minimum atomic E-state index is -0.927. The van der Waals surface area contributed by atoms with Crippen LogP contribution in [0.5, 0.6) is 0 Å². The Balaban J connectivity index is 2.29. The lowest BCUT2D eigenvalue weighted by molar-refractivity contribution is -0.138. The van der Waals surface area contributed by atoms with E-state index in [0.29, 0.717) is 16.3 Å². The largest absolute Gasteiger partial charge is 0.463 e. The molecule has 0 fully saturated rings. The summed E-state index contributed by atoms with van der Waals surface area (Å²) in [6, 6.07) is 6.77. The monoisotopic (exact) mass is 476 g/mol. The Hall–Kier alpha value is -3.55. The molecule has 1 aromatic carbocycles. The standard InChI is InChI=1S/C20H18Cl2N6O4/c1-4-31-20(30)15-9(2)28(19-18(25-10(3)29)26-32-27-19)17(24)13(8-23)16(15)12-6-5-11(21)7-14(12)22/h5-7,16H,4,24H2,1-3H3,(H,25,26,29)/t16-/m1/s1. The highest BCUT2D eigenvalue weighted by molar-refractivity contribution is 6.35. The first-order valence-electron chi connectivity index (χ1n) is 9.34. The van der Waals surface area contributed by atoms with E-state index in [1.54, 1.807) is 26.0 Å². The number of nitrogens with zero attached hydrogens (tertiary/aromatic N) is 4. The third kappa shape index (κ3) is 4.12. The van der Waals surface area contributed by atoms with Gasteiger partial charge in [0.05, 0.1) is 29.7 Å². The van der Waals surface area contributed by atoms with E-state index in [1.165, 1.54) is 17.9 Å². The zero-order valence-corrected chi connectivity index (χ0v) is 18.8. The molecule has 10 nitrogen and oxygen atoms in total. The molecule has 0 aliphatic carbocycles. The second kappa shape index (κ2) is 9.30. The first-order chi connectivity index (χ1) is 15.2. The van der Waals surface area contributed by atoms with Gasteiger partial charge in [-0.15, -0.1) is 0 Å². The summed E-state index contributed by atoms with van der Waals surface area (Å²) in [6.45, 7) is 4.63. The number of esters is 1. The van der Waals surface area contributed by atoms with Gasteiger partial charge in [0.15, 0.2) is 0 Å². The molecule has 0 unspecified atom stereocenters. The van der Waals surface area contributed by atoms with Crippen molar-refractivity contribution >= 4 is 46.7 Å². The average molecular weight is 477 g/mol. The zero-order chi connectivity index (χ0) is 23.6. The summed E-state index contributed by atoms with van der Waals surface area (Å²) in [5.74, 6) is -2.13. The molecule has 0 spiro atoms. The molecular weight excluding hydrogens is 459 g/mol. The Labute approximate surface area is 193 Å². The van der Waals surface area contributed by atoms with Crippen LogP contribution in [0.25, 0.3) is 0 Å². The molecule has 0 saturated carbocycles. The predicted molar refractivity (Wildman–Crippen MR) is 116 cm³/mol. The molecule has 0 radical (unpaired) electrons. The number of ether oxygens (including phenoxy) is 1. The highest BCUT2D eigenvalue weighted by Gasteiger charge is 2.41. The van der Waals surface area contributed by atoms with Crippen LogP contribution in [0.1, 0.15) is 32.3 Å². The number of carbonyl (C=O) groups excluding carboxylic acids is 2. The molecular formula is C20H18Cl2N6O4. The number of allylic oxidation sites excluding steroid dienone is 2. The highest BCUT2D eigenvalue weighted by atomic mass is 35.5. The summed E-state index contributed by atoms with van der Waals surface area (Å²) < 4.78 is 10.0. The van der Waals surface area contributed by atoms with Crippen LogP contribution >= 0.6 is 23.2 Å². The summed E-state index contributed by atoms with van der Waals surface area (Å²) in [4.78, 5) is 25.9. The number of nitrogens with one attached hydrogen (secondary N) is 1. The quantitative estimate of drug-likeness (QED) is 0.618. The molecule has 1 aliphatic rings. The van der Waals surface area contributed by atoms with Crippen molar-refractivity contribution in [1.82, 2.24) is 10.3 Å². The van der Waals surface area contributed by atoms with Crippen LogP contribution < -0.4 is 16.0 Å². The number of aromatic nitrogens is 2. The fraction of sp³-hybridized carbons (Fsp3) is 0.250. The number of hydrogen-bond donors (Lipinski definition) is 2. The number of rotatable bonds is 5. The van der Waals surface area contributed by atoms with Crippen LogP contribution in [0.15, 0.2) is 45.5 Å². The Bertz CT molecular complexity index is 1200. The van der Waals surface area contributed by atoms with Gasteiger partial charge in [-0.3, -0.25) is 9.69 Å². The molecule has 2 aromatic rings. The Kier molecular flexibility index (Phi) is 6.72. The third-order valence-corrected chi connectivity index (χ3v) is 5.25. The molecule has 0 bridgehead atoms. The molecule has 166 valence electrons. The number of halogens is 2.